The number of hydrogen-bond acceptors (Lipinski definition) is 1. The predicted molar refractivity (Wildman–Crippen MR) is 74.3 cm³/mol. The van der Waals surface area contributed by atoms with Crippen LogP contribution in [0.25, 0.3) is 0 Å². The summed E-state index contributed by atoms with van der Waals surface area (Å²) in [4.78, 5) is 11.1. The molecule has 1 heterocycles. The fraction of sp³-hybridized carbons (Fsp3) is 0.667. The lowest BCUT2D eigenvalue weighted by molar-refractivity contribution is 0.0696. The fourth-order valence-electron chi connectivity index (χ4n) is 2.67. The van der Waals surface area contributed by atoms with Crippen LogP contribution in [0.1, 0.15) is 73.7 Å². The highest BCUT2D eigenvalue weighted by Gasteiger charge is 2.17. The van der Waals surface area contributed by atoms with E-state index in [1.54, 1.807) is 6.07 Å². The molecule has 1 atom stereocenters. The van der Waals surface area contributed by atoms with Crippen LogP contribution in [0.5, 0.6) is 0 Å². The largest absolute Gasteiger partial charge is 0.478 e. The number of rotatable bonds is 7. The average Bonchev–Trinajstić information content (AvgIpc) is 2.60. The summed E-state index contributed by atoms with van der Waals surface area (Å²) in [5.74, 6) is -0.826. The number of aromatic nitrogens is 1. The van der Waals surface area contributed by atoms with Gasteiger partial charge in [0.25, 0.3) is 0 Å². The van der Waals surface area contributed by atoms with E-state index in [0.717, 1.165) is 17.8 Å². The normalized spacial score (nSPS) is 12.7. The zero-order valence-corrected chi connectivity index (χ0v) is 12.0. The van der Waals surface area contributed by atoms with Crippen LogP contribution in [0.3, 0.4) is 0 Å². The van der Waals surface area contributed by atoms with E-state index in [4.69, 9.17) is 5.11 Å². The topological polar surface area (TPSA) is 42.2 Å². The number of aryl methyl sites for hydroxylation is 1. The molecular formula is C15H25NO2. The van der Waals surface area contributed by atoms with Crippen molar-refractivity contribution in [2.24, 2.45) is 0 Å². The minimum atomic E-state index is -0.826. The van der Waals surface area contributed by atoms with Gasteiger partial charge in [-0.05, 0) is 33.3 Å². The summed E-state index contributed by atoms with van der Waals surface area (Å²) in [6.07, 6.45) is 6.14. The second-order valence-corrected chi connectivity index (χ2v) is 5.16. The van der Waals surface area contributed by atoms with E-state index in [1.807, 2.05) is 13.8 Å². The Hall–Kier alpha value is -1.25. The third-order valence-electron chi connectivity index (χ3n) is 3.63. The second kappa shape index (κ2) is 6.62. The first-order chi connectivity index (χ1) is 8.49. The third-order valence-corrected chi connectivity index (χ3v) is 3.63. The molecule has 0 spiro atoms. The van der Waals surface area contributed by atoms with Gasteiger partial charge in [0, 0.05) is 17.4 Å². The van der Waals surface area contributed by atoms with E-state index in [-0.39, 0.29) is 0 Å². The lowest BCUT2D eigenvalue weighted by atomic mass is 10.1. The van der Waals surface area contributed by atoms with Crippen molar-refractivity contribution in [2.75, 3.05) is 0 Å². The number of carboxylic acids is 1. The van der Waals surface area contributed by atoms with Gasteiger partial charge in [0.15, 0.2) is 0 Å². The molecule has 1 unspecified atom stereocenters. The molecule has 0 saturated carbocycles. The van der Waals surface area contributed by atoms with Crippen LogP contribution >= 0.6 is 0 Å². The zero-order chi connectivity index (χ0) is 13.7. The van der Waals surface area contributed by atoms with Crippen molar-refractivity contribution in [3.63, 3.8) is 0 Å². The highest BCUT2D eigenvalue weighted by molar-refractivity contribution is 5.89. The summed E-state index contributed by atoms with van der Waals surface area (Å²) in [5.41, 5.74) is 2.36. The molecule has 3 heteroatoms. The van der Waals surface area contributed by atoms with Crippen LogP contribution in [0, 0.1) is 13.8 Å². The molecule has 0 aliphatic carbocycles. The van der Waals surface area contributed by atoms with Crippen molar-refractivity contribution in [1.82, 2.24) is 4.57 Å². The SMILES string of the molecule is CCCCCCC(C)n1c(C)cc(C(=O)O)c1C. The van der Waals surface area contributed by atoms with Crippen LogP contribution in [0.15, 0.2) is 6.07 Å². The van der Waals surface area contributed by atoms with Crippen molar-refractivity contribution >= 4 is 5.97 Å². The molecule has 1 aromatic rings. The van der Waals surface area contributed by atoms with Gasteiger partial charge in [0.1, 0.15) is 0 Å². The van der Waals surface area contributed by atoms with Gasteiger partial charge in [-0.2, -0.15) is 0 Å². The summed E-state index contributed by atoms with van der Waals surface area (Å²) in [6.45, 7) is 8.28. The van der Waals surface area contributed by atoms with E-state index in [1.165, 1.54) is 25.7 Å². The van der Waals surface area contributed by atoms with Crippen LogP contribution in [0.4, 0.5) is 0 Å². The van der Waals surface area contributed by atoms with Crippen LogP contribution < -0.4 is 0 Å². The van der Waals surface area contributed by atoms with E-state index in [0.29, 0.717) is 11.6 Å². The van der Waals surface area contributed by atoms with E-state index < -0.39 is 5.97 Å². The van der Waals surface area contributed by atoms with Crippen LogP contribution in [-0.4, -0.2) is 15.6 Å². The Balaban J connectivity index is 2.73. The van der Waals surface area contributed by atoms with Gasteiger partial charge in [-0.1, -0.05) is 32.6 Å². The first-order valence-corrected chi connectivity index (χ1v) is 6.90. The van der Waals surface area contributed by atoms with Crippen molar-refractivity contribution in [3.8, 4) is 0 Å². The van der Waals surface area contributed by atoms with E-state index >= 15 is 0 Å². The van der Waals surface area contributed by atoms with Crippen molar-refractivity contribution in [3.05, 3.63) is 23.0 Å². The number of carboxylic acid groups (broad SMARTS) is 1. The van der Waals surface area contributed by atoms with E-state index in [2.05, 4.69) is 18.4 Å². The molecule has 1 N–H and O–H groups in total. The number of aromatic carboxylic acids is 1. The quantitative estimate of drug-likeness (QED) is 0.733. The van der Waals surface area contributed by atoms with Gasteiger partial charge in [0.05, 0.1) is 5.56 Å². The molecule has 0 aromatic carbocycles. The third kappa shape index (κ3) is 3.37. The summed E-state index contributed by atoms with van der Waals surface area (Å²) in [6, 6.07) is 2.16. The molecule has 0 saturated heterocycles. The lowest BCUT2D eigenvalue weighted by Gasteiger charge is -2.18. The van der Waals surface area contributed by atoms with Gasteiger partial charge in [-0.15, -0.1) is 0 Å². The first kappa shape index (κ1) is 14.8. The van der Waals surface area contributed by atoms with Crippen molar-refractivity contribution in [2.45, 2.75) is 65.8 Å². The summed E-state index contributed by atoms with van der Waals surface area (Å²) in [5, 5.41) is 9.12. The van der Waals surface area contributed by atoms with Gasteiger partial charge < -0.3 is 9.67 Å². The highest BCUT2D eigenvalue weighted by Crippen LogP contribution is 2.24. The average molecular weight is 251 g/mol. The molecule has 0 aliphatic heterocycles. The lowest BCUT2D eigenvalue weighted by Crippen LogP contribution is -2.10. The Bertz CT molecular complexity index is 407. The minimum absolute atomic E-state index is 0.384. The number of carbonyl (C=O) groups is 1. The Morgan fingerprint density at radius 2 is 2.00 bits per heavy atom. The Morgan fingerprint density at radius 3 is 2.50 bits per heavy atom. The number of nitrogens with zero attached hydrogens (tertiary/aromatic N) is 1. The zero-order valence-electron chi connectivity index (χ0n) is 12.0. The Kier molecular flexibility index (Phi) is 5.45. The Morgan fingerprint density at radius 1 is 1.33 bits per heavy atom. The molecule has 0 radical (unpaired) electrons. The smallest absolute Gasteiger partial charge is 0.337 e. The second-order valence-electron chi connectivity index (χ2n) is 5.16. The van der Waals surface area contributed by atoms with Gasteiger partial charge in [0.2, 0.25) is 0 Å². The summed E-state index contributed by atoms with van der Waals surface area (Å²) in [7, 11) is 0. The van der Waals surface area contributed by atoms with Crippen molar-refractivity contribution < 1.29 is 9.90 Å². The standard InChI is InChI=1S/C15H25NO2/c1-5-6-7-8-9-11(2)16-12(3)10-14(13(16)4)15(17)18/h10-11H,5-9H2,1-4H3,(H,17,18). The molecule has 0 bridgehead atoms. The predicted octanol–water partition coefficient (Wildman–Crippen LogP) is 4.33. The molecule has 0 aliphatic rings. The monoisotopic (exact) mass is 251 g/mol. The molecule has 1 rings (SSSR count). The number of unbranched alkanes of at least 4 members (excludes halogenated alkanes) is 3. The van der Waals surface area contributed by atoms with Crippen LogP contribution in [0.2, 0.25) is 0 Å². The van der Waals surface area contributed by atoms with Crippen molar-refractivity contribution in [1.29, 1.82) is 0 Å². The molecule has 0 fully saturated rings. The molecule has 0 amide bonds. The van der Waals surface area contributed by atoms with Gasteiger partial charge in [-0.25, -0.2) is 4.79 Å². The minimum Gasteiger partial charge on any atom is -0.478 e. The Labute approximate surface area is 110 Å². The van der Waals surface area contributed by atoms with E-state index in [9.17, 15) is 4.79 Å². The molecule has 102 valence electrons. The maximum Gasteiger partial charge on any atom is 0.337 e. The fourth-order valence-corrected chi connectivity index (χ4v) is 2.67. The highest BCUT2D eigenvalue weighted by atomic mass is 16.4. The maximum absolute atomic E-state index is 11.1. The molecule has 1 aromatic heterocycles. The molecular weight excluding hydrogens is 226 g/mol. The molecule has 3 nitrogen and oxygen atoms in total. The summed E-state index contributed by atoms with van der Waals surface area (Å²) >= 11 is 0. The van der Waals surface area contributed by atoms with Gasteiger partial charge >= 0.3 is 5.97 Å². The first-order valence-electron chi connectivity index (χ1n) is 6.90. The van der Waals surface area contributed by atoms with Gasteiger partial charge in [-0.3, -0.25) is 0 Å². The maximum atomic E-state index is 11.1. The van der Waals surface area contributed by atoms with Crippen LogP contribution in [-0.2, 0) is 0 Å². The number of hydrogen-bond donors (Lipinski definition) is 1. The molecule has 18 heavy (non-hydrogen) atoms. The summed E-state index contributed by atoms with van der Waals surface area (Å²) < 4.78 is 2.16.